The molecule has 5 rings (SSSR count). The van der Waals surface area contributed by atoms with Crippen LogP contribution < -0.4 is 11.1 Å². The number of nitrogens with zero attached hydrogens (tertiary/aromatic N) is 4. The first-order valence-electron chi connectivity index (χ1n) is 9.60. The average molecular weight is 395 g/mol. The van der Waals surface area contributed by atoms with E-state index in [1.165, 1.54) is 9.56 Å². The van der Waals surface area contributed by atoms with Crippen molar-refractivity contribution in [1.82, 2.24) is 19.2 Å². The summed E-state index contributed by atoms with van der Waals surface area (Å²) in [7, 11) is 0. The first-order valence-corrected chi connectivity index (χ1v) is 10.5. The molecule has 4 heterocycles. The van der Waals surface area contributed by atoms with Gasteiger partial charge in [-0.15, -0.1) is 11.3 Å². The van der Waals surface area contributed by atoms with E-state index in [0.717, 1.165) is 36.6 Å². The van der Waals surface area contributed by atoms with Crippen LogP contribution in [0, 0.1) is 12.8 Å². The van der Waals surface area contributed by atoms with Crippen LogP contribution in [-0.4, -0.2) is 32.3 Å². The van der Waals surface area contributed by atoms with Crippen LogP contribution >= 0.6 is 11.3 Å². The van der Waals surface area contributed by atoms with Crippen molar-refractivity contribution < 1.29 is 0 Å². The molecular formula is C21H22N4O2S. The normalized spacial score (nSPS) is 21.0. The number of benzene rings is 1. The van der Waals surface area contributed by atoms with Gasteiger partial charge in [0.05, 0.1) is 6.54 Å². The van der Waals surface area contributed by atoms with Gasteiger partial charge < -0.3 is 0 Å². The Hall–Kier alpha value is -2.51. The van der Waals surface area contributed by atoms with E-state index in [1.807, 2.05) is 31.2 Å². The van der Waals surface area contributed by atoms with E-state index in [2.05, 4.69) is 27.5 Å². The first-order chi connectivity index (χ1) is 13.6. The molecule has 2 aliphatic heterocycles. The van der Waals surface area contributed by atoms with Crippen LogP contribution in [0.5, 0.6) is 0 Å². The topological polar surface area (TPSA) is 60.1 Å². The molecule has 1 aromatic carbocycles. The molecule has 28 heavy (non-hydrogen) atoms. The van der Waals surface area contributed by atoms with Gasteiger partial charge in [-0.05, 0) is 23.9 Å². The monoisotopic (exact) mass is 394 g/mol. The van der Waals surface area contributed by atoms with Crippen LogP contribution in [-0.2, 0) is 19.6 Å². The fraction of sp³-hybridized carbons (Fsp3) is 0.381. The zero-order valence-corrected chi connectivity index (χ0v) is 16.6. The molecule has 2 aromatic heterocycles. The third kappa shape index (κ3) is 3.04. The van der Waals surface area contributed by atoms with Crippen LogP contribution in [0.25, 0.3) is 0 Å². The summed E-state index contributed by atoms with van der Waals surface area (Å²) < 4.78 is 2.97. The molecule has 144 valence electrons. The van der Waals surface area contributed by atoms with Gasteiger partial charge in [0.2, 0.25) is 0 Å². The minimum atomic E-state index is -0.528. The smallest absolute Gasteiger partial charge is 0.297 e. The van der Waals surface area contributed by atoms with E-state index in [0.29, 0.717) is 19.0 Å². The van der Waals surface area contributed by atoms with Gasteiger partial charge in [0.1, 0.15) is 5.82 Å². The largest absolute Gasteiger partial charge is 0.332 e. The molecule has 0 amide bonds. The summed E-state index contributed by atoms with van der Waals surface area (Å²) in [6.45, 7) is 5.73. The first kappa shape index (κ1) is 17.6. The van der Waals surface area contributed by atoms with Crippen molar-refractivity contribution in [3.63, 3.8) is 0 Å². The zero-order chi connectivity index (χ0) is 19.3. The second-order valence-corrected chi connectivity index (χ2v) is 8.89. The van der Waals surface area contributed by atoms with Crippen molar-refractivity contribution in [2.75, 3.05) is 13.1 Å². The van der Waals surface area contributed by atoms with Crippen molar-refractivity contribution in [3.05, 3.63) is 84.3 Å². The average Bonchev–Trinajstić information content (AvgIpc) is 3.39. The maximum atomic E-state index is 12.7. The van der Waals surface area contributed by atoms with E-state index in [9.17, 15) is 9.59 Å². The van der Waals surface area contributed by atoms with Gasteiger partial charge in [-0.2, -0.15) is 5.10 Å². The highest BCUT2D eigenvalue weighted by Crippen LogP contribution is 2.37. The summed E-state index contributed by atoms with van der Waals surface area (Å²) in [5.41, 5.74) is 1.18. The van der Waals surface area contributed by atoms with Gasteiger partial charge in [0, 0.05) is 42.9 Å². The van der Waals surface area contributed by atoms with E-state index < -0.39 is 11.1 Å². The summed E-state index contributed by atoms with van der Waals surface area (Å²) in [6.07, 6.45) is 0. The van der Waals surface area contributed by atoms with Crippen molar-refractivity contribution in [2.24, 2.45) is 5.92 Å². The van der Waals surface area contributed by atoms with Crippen molar-refractivity contribution in [1.29, 1.82) is 0 Å². The maximum absolute atomic E-state index is 12.7. The number of hydrogen-bond donors (Lipinski definition) is 0. The number of thiophene rings is 1. The lowest BCUT2D eigenvalue weighted by atomic mass is 10.00. The highest BCUT2D eigenvalue weighted by Gasteiger charge is 2.42. The molecule has 1 fully saturated rings. The summed E-state index contributed by atoms with van der Waals surface area (Å²) >= 11 is 1.77. The molecule has 6 nitrogen and oxygen atoms in total. The number of hydrogen-bond acceptors (Lipinski definition) is 5. The van der Waals surface area contributed by atoms with Gasteiger partial charge in [-0.3, -0.25) is 19.1 Å². The second kappa shape index (κ2) is 6.83. The molecular weight excluding hydrogens is 372 g/mol. The van der Waals surface area contributed by atoms with Crippen LogP contribution in [0.1, 0.15) is 27.7 Å². The lowest BCUT2D eigenvalue weighted by Gasteiger charge is -2.17. The Balaban J connectivity index is 1.43. The highest BCUT2D eigenvalue weighted by atomic mass is 32.1. The van der Waals surface area contributed by atoms with E-state index in [-0.39, 0.29) is 5.92 Å². The number of rotatable bonds is 4. The van der Waals surface area contributed by atoms with Gasteiger partial charge in [-0.1, -0.05) is 35.9 Å². The number of aryl methyl sites for hydroxylation is 1. The Morgan fingerprint density at radius 2 is 1.86 bits per heavy atom. The summed E-state index contributed by atoms with van der Waals surface area (Å²) in [5.74, 6) is 1.35. The second-order valence-electron chi connectivity index (χ2n) is 7.86. The fourth-order valence-corrected chi connectivity index (χ4v) is 5.15. The van der Waals surface area contributed by atoms with Crippen molar-refractivity contribution in [3.8, 4) is 0 Å². The Labute approximate surface area is 166 Å². The standard InChI is InChI=1S/C21H22N4O2S/c1-14-4-6-15(7-5-14)9-25-21(27)20(26)24-11-16-10-23(12-17-3-2-8-28-17)13-18(16)19(24)22-25/h2-8,16,18H,9-13H2,1H3. The fourth-order valence-electron chi connectivity index (χ4n) is 4.40. The van der Waals surface area contributed by atoms with Gasteiger partial charge in [0.15, 0.2) is 0 Å². The summed E-state index contributed by atoms with van der Waals surface area (Å²) in [4.78, 5) is 29.0. The zero-order valence-electron chi connectivity index (χ0n) is 15.7. The van der Waals surface area contributed by atoms with E-state index in [4.69, 9.17) is 0 Å². The van der Waals surface area contributed by atoms with Crippen molar-refractivity contribution >= 4 is 11.3 Å². The molecule has 2 aliphatic rings. The quantitative estimate of drug-likeness (QED) is 0.636. The van der Waals surface area contributed by atoms with Crippen LogP contribution in [0.3, 0.4) is 0 Å². The molecule has 0 aliphatic carbocycles. The lowest BCUT2D eigenvalue weighted by Crippen LogP contribution is -2.44. The van der Waals surface area contributed by atoms with Gasteiger partial charge in [0.25, 0.3) is 0 Å². The Morgan fingerprint density at radius 1 is 1.04 bits per heavy atom. The molecule has 3 aromatic rings. The van der Waals surface area contributed by atoms with Gasteiger partial charge in [-0.25, -0.2) is 4.68 Å². The molecule has 7 heteroatoms. The van der Waals surface area contributed by atoms with Crippen molar-refractivity contribution in [2.45, 2.75) is 32.5 Å². The molecule has 0 bridgehead atoms. The molecule has 0 spiro atoms. The Kier molecular flexibility index (Phi) is 4.29. The predicted octanol–water partition coefficient (Wildman–Crippen LogP) is 2.05. The molecule has 0 N–H and O–H groups in total. The maximum Gasteiger partial charge on any atom is 0.332 e. The number of aromatic nitrogens is 3. The Bertz CT molecular complexity index is 1110. The molecule has 0 radical (unpaired) electrons. The minimum Gasteiger partial charge on any atom is -0.297 e. The summed E-state index contributed by atoms with van der Waals surface area (Å²) in [5, 5.41) is 6.75. The van der Waals surface area contributed by atoms with E-state index >= 15 is 0 Å². The SMILES string of the molecule is Cc1ccc(Cn2nc3n(c(=O)c2=O)CC2CN(Cc4cccs4)CC32)cc1. The third-order valence-corrected chi connectivity index (χ3v) is 6.70. The summed E-state index contributed by atoms with van der Waals surface area (Å²) in [6, 6.07) is 12.2. The predicted molar refractivity (Wildman–Crippen MR) is 109 cm³/mol. The lowest BCUT2D eigenvalue weighted by molar-refractivity contribution is 0.306. The van der Waals surface area contributed by atoms with Gasteiger partial charge >= 0.3 is 11.1 Å². The van der Waals surface area contributed by atoms with E-state index in [1.54, 1.807) is 15.9 Å². The minimum absolute atomic E-state index is 0.220. The molecule has 1 saturated heterocycles. The molecule has 2 unspecified atom stereocenters. The molecule has 2 atom stereocenters. The van der Waals surface area contributed by atoms with Crippen LogP contribution in [0.2, 0.25) is 0 Å². The third-order valence-electron chi connectivity index (χ3n) is 5.84. The highest BCUT2D eigenvalue weighted by molar-refractivity contribution is 7.09. The van der Waals surface area contributed by atoms with Crippen LogP contribution in [0.15, 0.2) is 51.4 Å². The van der Waals surface area contributed by atoms with Crippen LogP contribution in [0.4, 0.5) is 0 Å². The molecule has 0 saturated carbocycles. The Morgan fingerprint density at radius 3 is 2.61 bits per heavy atom. The number of likely N-dealkylation sites (tertiary alicyclic amines) is 1. The number of fused-ring (bicyclic) bond motifs is 3.